The Morgan fingerprint density at radius 2 is 1.36 bits per heavy atom. The van der Waals surface area contributed by atoms with Crippen LogP contribution in [0.1, 0.15) is 53.7 Å². The predicted octanol–water partition coefficient (Wildman–Crippen LogP) is 7.69. The van der Waals surface area contributed by atoms with Gasteiger partial charge in [-0.2, -0.15) is 26.3 Å². The molecule has 4 rings (SSSR count). The van der Waals surface area contributed by atoms with Gasteiger partial charge in [0, 0.05) is 18.0 Å². The van der Waals surface area contributed by atoms with Crippen molar-refractivity contribution in [2.24, 2.45) is 0 Å². The number of hydrogen-bond donors (Lipinski definition) is 1. The maximum atomic E-state index is 13.3. The topological polar surface area (TPSA) is 21.3 Å². The summed E-state index contributed by atoms with van der Waals surface area (Å²) in [5, 5.41) is 3.52. The van der Waals surface area contributed by atoms with Gasteiger partial charge in [-0.1, -0.05) is 60.7 Å². The Morgan fingerprint density at radius 3 is 1.89 bits per heavy atom. The van der Waals surface area contributed by atoms with Crippen LogP contribution in [0.25, 0.3) is 0 Å². The molecule has 0 radical (unpaired) electrons. The molecule has 3 aromatic rings. The van der Waals surface area contributed by atoms with Gasteiger partial charge in [0.2, 0.25) is 0 Å². The lowest BCUT2D eigenvalue weighted by Gasteiger charge is -2.49. The molecular weight excluding hydrogens is 480 g/mol. The average molecular weight is 508 g/mol. The van der Waals surface area contributed by atoms with Crippen LogP contribution in [0.5, 0.6) is 0 Å². The maximum Gasteiger partial charge on any atom is 0.416 e. The molecule has 0 heterocycles. The monoisotopic (exact) mass is 507 g/mol. The van der Waals surface area contributed by atoms with Gasteiger partial charge in [-0.25, -0.2) is 0 Å². The Kier molecular flexibility index (Phi) is 7.48. The average Bonchev–Trinajstić information content (AvgIpc) is 2.82. The number of hydrogen-bond acceptors (Lipinski definition) is 2. The lowest BCUT2D eigenvalue weighted by Crippen LogP contribution is -2.53. The molecule has 0 unspecified atom stereocenters. The van der Waals surface area contributed by atoms with E-state index in [0.29, 0.717) is 6.54 Å². The summed E-state index contributed by atoms with van der Waals surface area (Å²) in [4.78, 5) is 0. The summed E-state index contributed by atoms with van der Waals surface area (Å²) < 4.78 is 85.7. The smallest absolute Gasteiger partial charge is 0.373 e. The molecule has 36 heavy (non-hydrogen) atoms. The highest BCUT2D eigenvalue weighted by Crippen LogP contribution is 2.45. The van der Waals surface area contributed by atoms with Crippen LogP contribution in [0.3, 0.4) is 0 Å². The molecule has 3 aromatic carbocycles. The summed E-state index contributed by atoms with van der Waals surface area (Å²) in [6.45, 7) is 2.37. The molecule has 0 aliphatic heterocycles. The Bertz CT molecular complexity index is 1110. The zero-order valence-electron chi connectivity index (χ0n) is 19.7. The first-order valence-electron chi connectivity index (χ1n) is 11.7. The van der Waals surface area contributed by atoms with Gasteiger partial charge in [0.25, 0.3) is 0 Å². The SMILES string of the molecule is C[C@@H](OC[C@]1(c2ccccc2)C[C@@H](NCc2ccccc2)C1)c1cc(C(F)(F)F)cc(C(F)(F)F)c1. The van der Waals surface area contributed by atoms with Crippen LogP contribution in [0.4, 0.5) is 26.3 Å². The van der Waals surface area contributed by atoms with Gasteiger partial charge < -0.3 is 10.1 Å². The lowest BCUT2D eigenvalue weighted by atomic mass is 9.62. The molecule has 1 aliphatic rings. The molecule has 8 heteroatoms. The Morgan fingerprint density at radius 1 is 0.833 bits per heavy atom. The fourth-order valence-electron chi connectivity index (χ4n) is 4.71. The fraction of sp³-hybridized carbons (Fsp3) is 0.357. The number of rotatable bonds is 8. The normalized spacial score (nSPS) is 21.1. The highest BCUT2D eigenvalue weighted by molar-refractivity contribution is 5.35. The van der Waals surface area contributed by atoms with Crippen molar-refractivity contribution in [2.45, 2.75) is 56.2 Å². The van der Waals surface area contributed by atoms with E-state index in [2.05, 4.69) is 5.32 Å². The molecule has 0 amide bonds. The summed E-state index contributed by atoms with van der Waals surface area (Å²) >= 11 is 0. The third-order valence-electron chi connectivity index (χ3n) is 6.79. The van der Waals surface area contributed by atoms with Gasteiger partial charge in [-0.05, 0) is 54.7 Å². The second-order valence-corrected chi connectivity index (χ2v) is 9.41. The van der Waals surface area contributed by atoms with Crippen molar-refractivity contribution in [3.05, 3.63) is 107 Å². The largest absolute Gasteiger partial charge is 0.416 e. The number of alkyl halides is 6. The van der Waals surface area contributed by atoms with E-state index in [1.54, 1.807) is 0 Å². The van der Waals surface area contributed by atoms with Crippen molar-refractivity contribution < 1.29 is 31.1 Å². The first kappa shape index (κ1) is 26.2. The number of ether oxygens (including phenoxy) is 1. The van der Waals surface area contributed by atoms with Crippen molar-refractivity contribution in [1.82, 2.24) is 5.32 Å². The van der Waals surface area contributed by atoms with Crippen LogP contribution in [-0.4, -0.2) is 12.6 Å². The number of nitrogens with one attached hydrogen (secondary N) is 1. The molecule has 1 saturated carbocycles. The molecule has 0 aromatic heterocycles. The zero-order chi connectivity index (χ0) is 26.0. The van der Waals surface area contributed by atoms with Gasteiger partial charge >= 0.3 is 12.4 Å². The van der Waals surface area contributed by atoms with E-state index in [9.17, 15) is 26.3 Å². The first-order chi connectivity index (χ1) is 17.0. The van der Waals surface area contributed by atoms with Crippen LogP contribution >= 0.6 is 0 Å². The number of halogens is 6. The third-order valence-corrected chi connectivity index (χ3v) is 6.79. The van der Waals surface area contributed by atoms with Crippen molar-refractivity contribution >= 4 is 0 Å². The van der Waals surface area contributed by atoms with E-state index in [0.717, 1.165) is 36.1 Å². The van der Waals surface area contributed by atoms with Gasteiger partial charge in [-0.3, -0.25) is 0 Å². The maximum absolute atomic E-state index is 13.3. The minimum Gasteiger partial charge on any atom is -0.373 e. The molecule has 192 valence electrons. The molecule has 1 aliphatic carbocycles. The van der Waals surface area contributed by atoms with Crippen LogP contribution in [-0.2, 0) is 29.0 Å². The van der Waals surface area contributed by atoms with Crippen LogP contribution in [0, 0.1) is 0 Å². The second-order valence-electron chi connectivity index (χ2n) is 9.41. The second kappa shape index (κ2) is 10.3. The van der Waals surface area contributed by atoms with Gasteiger partial charge in [0.05, 0.1) is 23.8 Å². The minimum atomic E-state index is -4.90. The lowest BCUT2D eigenvalue weighted by molar-refractivity contribution is -0.143. The Balaban J connectivity index is 1.49. The summed E-state index contributed by atoms with van der Waals surface area (Å²) in [7, 11) is 0. The van der Waals surface area contributed by atoms with E-state index in [1.165, 1.54) is 6.92 Å². The summed E-state index contributed by atoms with van der Waals surface area (Å²) in [5.41, 5.74) is -1.01. The van der Waals surface area contributed by atoms with Crippen LogP contribution < -0.4 is 5.32 Å². The highest BCUT2D eigenvalue weighted by Gasteiger charge is 2.46. The van der Waals surface area contributed by atoms with Crippen LogP contribution in [0.2, 0.25) is 0 Å². The molecule has 0 saturated heterocycles. The van der Waals surface area contributed by atoms with Crippen molar-refractivity contribution in [3.8, 4) is 0 Å². The van der Waals surface area contributed by atoms with E-state index < -0.39 is 29.6 Å². The summed E-state index contributed by atoms with van der Waals surface area (Å²) in [6.07, 6.45) is -9.26. The minimum absolute atomic E-state index is 0.136. The summed E-state index contributed by atoms with van der Waals surface area (Å²) in [6, 6.07) is 21.5. The van der Waals surface area contributed by atoms with Crippen LogP contribution in [0.15, 0.2) is 78.9 Å². The van der Waals surface area contributed by atoms with Gasteiger partial charge in [-0.15, -0.1) is 0 Å². The standard InChI is InChI=1S/C28H27F6NO/c1-19(21-12-23(27(29,30)31)14-24(13-21)28(32,33)34)36-18-26(22-10-6-3-7-11-22)15-25(16-26)35-17-20-8-4-2-5-9-20/h2-14,19,25,35H,15-18H2,1H3/t19-,25-,26+/m1/s1. The van der Waals surface area contributed by atoms with Crippen molar-refractivity contribution in [2.75, 3.05) is 6.61 Å². The van der Waals surface area contributed by atoms with E-state index in [1.807, 2.05) is 60.7 Å². The number of benzene rings is 3. The molecular formula is C28H27F6NO. The quantitative estimate of drug-likeness (QED) is 0.316. The Hall–Kier alpha value is -2.84. The van der Waals surface area contributed by atoms with E-state index in [4.69, 9.17) is 4.74 Å². The third kappa shape index (κ3) is 6.10. The zero-order valence-corrected chi connectivity index (χ0v) is 19.7. The van der Waals surface area contributed by atoms with E-state index in [-0.39, 0.29) is 29.7 Å². The molecule has 2 nitrogen and oxygen atoms in total. The van der Waals surface area contributed by atoms with E-state index >= 15 is 0 Å². The predicted molar refractivity (Wildman–Crippen MR) is 125 cm³/mol. The first-order valence-corrected chi connectivity index (χ1v) is 11.7. The molecule has 0 bridgehead atoms. The Labute approximate surface area is 206 Å². The molecule has 1 atom stereocenters. The molecule has 1 fully saturated rings. The highest BCUT2D eigenvalue weighted by atomic mass is 19.4. The van der Waals surface area contributed by atoms with Gasteiger partial charge in [0.15, 0.2) is 0 Å². The molecule has 0 spiro atoms. The van der Waals surface area contributed by atoms with Crippen molar-refractivity contribution in [1.29, 1.82) is 0 Å². The van der Waals surface area contributed by atoms with Crippen molar-refractivity contribution in [3.63, 3.8) is 0 Å². The summed E-state index contributed by atoms with van der Waals surface area (Å²) in [5.74, 6) is 0. The van der Waals surface area contributed by atoms with Gasteiger partial charge in [0.1, 0.15) is 0 Å². The fourth-order valence-corrected chi connectivity index (χ4v) is 4.71. The molecule has 1 N–H and O–H groups in total.